The van der Waals surface area contributed by atoms with E-state index in [9.17, 15) is 4.11 Å². The Morgan fingerprint density at radius 3 is 1.50 bits per heavy atom. The summed E-state index contributed by atoms with van der Waals surface area (Å²) < 4.78 is 13.6. The van der Waals surface area contributed by atoms with Crippen molar-refractivity contribution >= 4 is 8.41 Å². The zero-order chi connectivity index (χ0) is 8.58. The predicted molar refractivity (Wildman–Crippen MR) is 47.5 cm³/mol. The molecule has 0 unspecified atom stereocenters. The van der Waals surface area contributed by atoms with Gasteiger partial charge in [-0.25, -0.2) is 0 Å². The molecule has 2 heteroatoms. The second kappa shape index (κ2) is 2.65. The van der Waals surface area contributed by atoms with E-state index >= 15 is 0 Å². The molecule has 0 amide bonds. The van der Waals surface area contributed by atoms with Crippen LogP contribution >= 0.6 is 0 Å². The molecule has 0 N–H and O–H groups in total. The normalized spacial score (nSPS) is 14.4. The molecule has 0 radical (unpaired) electrons. The van der Waals surface area contributed by atoms with Crippen LogP contribution in [0.15, 0.2) is 0 Å². The molecule has 0 heterocycles. The lowest BCUT2D eigenvalue weighted by molar-refractivity contribution is 0.431. The highest BCUT2D eigenvalue weighted by atomic mass is 28.4. The quantitative estimate of drug-likeness (QED) is 0.430. The maximum Gasteiger partial charge on any atom is 0.246 e. The third kappa shape index (κ3) is 1.81. The molecule has 0 aliphatic heterocycles. The lowest BCUT2D eigenvalue weighted by Gasteiger charge is -2.36. The largest absolute Gasteiger partial charge is 0.314 e. The molecule has 0 fully saturated rings. The monoisotopic (exact) mass is 162 g/mol. The Labute approximate surface area is 65.0 Å². The van der Waals surface area contributed by atoms with Crippen LogP contribution in [0.25, 0.3) is 0 Å². The van der Waals surface area contributed by atoms with E-state index in [1.807, 2.05) is 13.8 Å². The van der Waals surface area contributed by atoms with E-state index in [2.05, 4.69) is 13.8 Å². The van der Waals surface area contributed by atoms with Crippen molar-refractivity contribution in [2.24, 2.45) is 5.92 Å². The maximum atomic E-state index is 13.6. The van der Waals surface area contributed by atoms with Crippen LogP contribution in [0.1, 0.15) is 27.7 Å². The molecule has 0 saturated heterocycles. The average Bonchev–Trinajstić information content (AvgIpc) is 1.62. The first-order valence-corrected chi connectivity index (χ1v) is 6.76. The van der Waals surface area contributed by atoms with Crippen LogP contribution in [0, 0.1) is 5.92 Å². The summed E-state index contributed by atoms with van der Waals surface area (Å²) in [5.41, 5.74) is 0. The Balaban J connectivity index is 4.40. The Morgan fingerprint density at radius 1 is 1.20 bits per heavy atom. The lowest BCUT2D eigenvalue weighted by atomic mass is 9.99. The van der Waals surface area contributed by atoms with Crippen molar-refractivity contribution in [1.29, 1.82) is 0 Å². The minimum Gasteiger partial charge on any atom is -0.314 e. The van der Waals surface area contributed by atoms with Gasteiger partial charge in [0.25, 0.3) is 0 Å². The standard InChI is InChI=1S/C8H19FSi/c1-7(2)8(3,4)10(5,6)9/h7H,1-6H3. The topological polar surface area (TPSA) is 0 Å². The summed E-state index contributed by atoms with van der Waals surface area (Å²) in [7, 11) is -2.45. The van der Waals surface area contributed by atoms with E-state index in [1.54, 1.807) is 13.1 Å². The van der Waals surface area contributed by atoms with Gasteiger partial charge in [0.1, 0.15) is 0 Å². The summed E-state index contributed by atoms with van der Waals surface area (Å²) in [6, 6.07) is 0. The van der Waals surface area contributed by atoms with Crippen LogP contribution in [0.5, 0.6) is 0 Å². The molecule has 0 aromatic rings. The fourth-order valence-electron chi connectivity index (χ4n) is 0.686. The Morgan fingerprint density at radius 2 is 1.50 bits per heavy atom. The maximum absolute atomic E-state index is 13.6. The van der Waals surface area contributed by atoms with E-state index < -0.39 is 8.41 Å². The Bertz CT molecular complexity index is 111. The van der Waals surface area contributed by atoms with Gasteiger partial charge < -0.3 is 4.11 Å². The summed E-state index contributed by atoms with van der Waals surface area (Å²) in [6.07, 6.45) is 0. The van der Waals surface area contributed by atoms with Crippen molar-refractivity contribution in [2.75, 3.05) is 0 Å². The molecule has 0 atom stereocenters. The fraction of sp³-hybridized carbons (Fsp3) is 1.00. The summed E-state index contributed by atoms with van der Waals surface area (Å²) in [5, 5.41) is -0.0903. The molecule has 0 aromatic carbocycles. The van der Waals surface area contributed by atoms with Crippen molar-refractivity contribution < 1.29 is 4.11 Å². The van der Waals surface area contributed by atoms with Gasteiger partial charge in [-0.15, -0.1) is 0 Å². The van der Waals surface area contributed by atoms with Crippen LogP contribution in [-0.2, 0) is 0 Å². The first-order valence-electron chi connectivity index (χ1n) is 3.88. The van der Waals surface area contributed by atoms with Gasteiger partial charge in [-0.1, -0.05) is 27.7 Å². The molecule has 0 spiro atoms. The highest BCUT2D eigenvalue weighted by molar-refractivity contribution is 6.73. The van der Waals surface area contributed by atoms with Crippen molar-refractivity contribution in [2.45, 2.75) is 45.8 Å². The SMILES string of the molecule is CC(C)C(C)(C)[Si](C)(C)F. The van der Waals surface area contributed by atoms with Crippen molar-refractivity contribution in [3.05, 3.63) is 0 Å². The van der Waals surface area contributed by atoms with Gasteiger partial charge in [0.2, 0.25) is 8.41 Å². The molecular weight excluding hydrogens is 143 g/mol. The van der Waals surface area contributed by atoms with Gasteiger partial charge in [-0.2, -0.15) is 0 Å². The van der Waals surface area contributed by atoms with Crippen LogP contribution in [0.2, 0.25) is 18.1 Å². The number of rotatable bonds is 2. The zero-order valence-corrected chi connectivity index (χ0v) is 8.96. The molecule has 0 saturated carbocycles. The molecule has 62 valence electrons. The smallest absolute Gasteiger partial charge is 0.246 e. The van der Waals surface area contributed by atoms with Gasteiger partial charge in [-0.3, -0.25) is 0 Å². The Kier molecular flexibility index (Phi) is 2.68. The number of hydrogen-bond donors (Lipinski definition) is 0. The zero-order valence-electron chi connectivity index (χ0n) is 7.96. The molecule has 10 heavy (non-hydrogen) atoms. The molecule has 0 aliphatic carbocycles. The van der Waals surface area contributed by atoms with Gasteiger partial charge in [0.15, 0.2) is 0 Å². The van der Waals surface area contributed by atoms with Gasteiger partial charge in [0.05, 0.1) is 0 Å². The van der Waals surface area contributed by atoms with Gasteiger partial charge in [-0.05, 0) is 24.1 Å². The van der Waals surface area contributed by atoms with E-state index in [0.29, 0.717) is 5.92 Å². The van der Waals surface area contributed by atoms with E-state index in [1.165, 1.54) is 0 Å². The molecule has 0 rings (SSSR count). The van der Waals surface area contributed by atoms with Crippen LogP contribution in [-0.4, -0.2) is 8.41 Å². The second-order valence-corrected chi connectivity index (χ2v) is 8.58. The summed E-state index contributed by atoms with van der Waals surface area (Å²) >= 11 is 0. The van der Waals surface area contributed by atoms with Gasteiger partial charge >= 0.3 is 0 Å². The van der Waals surface area contributed by atoms with Crippen molar-refractivity contribution in [3.63, 3.8) is 0 Å². The molecule has 0 nitrogen and oxygen atoms in total. The first-order chi connectivity index (χ1) is 4.19. The Hall–Kier alpha value is 0.147. The van der Waals surface area contributed by atoms with Crippen LogP contribution < -0.4 is 0 Å². The van der Waals surface area contributed by atoms with E-state index in [0.717, 1.165) is 0 Å². The average molecular weight is 162 g/mol. The molecule has 0 aromatic heterocycles. The van der Waals surface area contributed by atoms with Gasteiger partial charge in [0, 0.05) is 0 Å². The van der Waals surface area contributed by atoms with Crippen LogP contribution in [0.3, 0.4) is 0 Å². The van der Waals surface area contributed by atoms with Crippen LogP contribution in [0.4, 0.5) is 4.11 Å². The fourth-order valence-corrected chi connectivity index (χ4v) is 2.06. The second-order valence-electron chi connectivity index (χ2n) is 4.35. The third-order valence-corrected chi connectivity index (χ3v) is 6.62. The minimum atomic E-state index is -2.45. The van der Waals surface area contributed by atoms with E-state index in [-0.39, 0.29) is 5.04 Å². The third-order valence-electron chi connectivity index (χ3n) is 2.98. The number of hydrogen-bond acceptors (Lipinski definition) is 0. The summed E-state index contributed by atoms with van der Waals surface area (Å²) in [4.78, 5) is 0. The molecular formula is C8H19FSi. The first kappa shape index (κ1) is 10.1. The molecule has 0 aliphatic rings. The molecule has 0 bridgehead atoms. The number of halogens is 1. The van der Waals surface area contributed by atoms with Crippen molar-refractivity contribution in [3.8, 4) is 0 Å². The highest BCUT2D eigenvalue weighted by Crippen LogP contribution is 2.44. The summed E-state index contributed by atoms with van der Waals surface area (Å²) in [6.45, 7) is 11.8. The summed E-state index contributed by atoms with van der Waals surface area (Å²) in [5.74, 6) is 0.444. The van der Waals surface area contributed by atoms with E-state index in [4.69, 9.17) is 0 Å². The predicted octanol–water partition coefficient (Wildman–Crippen LogP) is 3.60. The lowest BCUT2D eigenvalue weighted by Crippen LogP contribution is -2.37. The van der Waals surface area contributed by atoms with Crippen molar-refractivity contribution in [1.82, 2.24) is 0 Å². The minimum absolute atomic E-state index is 0.0903. The highest BCUT2D eigenvalue weighted by Gasteiger charge is 2.42.